The van der Waals surface area contributed by atoms with Gasteiger partial charge in [0, 0.05) is 4.91 Å². The number of nitrogens with zero attached hydrogens (tertiary/aromatic N) is 3. The SMILES string of the molecule is [N-]=[N+]=N[C@H](c1ccccc1)[C@@H](O)c1ccccc1. The lowest BCUT2D eigenvalue weighted by Gasteiger charge is -2.19. The van der Waals surface area contributed by atoms with Crippen LogP contribution in [-0.4, -0.2) is 5.11 Å². The molecule has 0 bridgehead atoms. The highest BCUT2D eigenvalue weighted by molar-refractivity contribution is 5.26. The minimum absolute atomic E-state index is 0.612. The van der Waals surface area contributed by atoms with Crippen molar-refractivity contribution in [3.8, 4) is 0 Å². The van der Waals surface area contributed by atoms with E-state index in [9.17, 15) is 5.11 Å². The molecule has 0 heterocycles. The molecular formula is C14H13N3O. The third kappa shape index (κ3) is 2.69. The van der Waals surface area contributed by atoms with Crippen molar-refractivity contribution in [1.82, 2.24) is 0 Å². The van der Waals surface area contributed by atoms with Gasteiger partial charge in [-0.1, -0.05) is 65.8 Å². The van der Waals surface area contributed by atoms with E-state index >= 15 is 0 Å². The molecule has 90 valence electrons. The van der Waals surface area contributed by atoms with Crippen molar-refractivity contribution in [2.24, 2.45) is 5.11 Å². The topological polar surface area (TPSA) is 69.0 Å². The Hall–Kier alpha value is -2.29. The van der Waals surface area contributed by atoms with Gasteiger partial charge in [0.2, 0.25) is 0 Å². The second-order valence-corrected chi connectivity index (χ2v) is 3.92. The van der Waals surface area contributed by atoms with Crippen LogP contribution in [0.3, 0.4) is 0 Å². The molecule has 2 aromatic rings. The molecule has 0 fully saturated rings. The highest BCUT2D eigenvalue weighted by Crippen LogP contribution is 2.31. The van der Waals surface area contributed by atoms with Crippen molar-refractivity contribution >= 4 is 0 Å². The van der Waals surface area contributed by atoms with Crippen molar-refractivity contribution in [3.63, 3.8) is 0 Å². The lowest BCUT2D eigenvalue weighted by Crippen LogP contribution is -2.08. The van der Waals surface area contributed by atoms with Gasteiger partial charge in [0.25, 0.3) is 0 Å². The van der Waals surface area contributed by atoms with Gasteiger partial charge in [0.15, 0.2) is 0 Å². The Kier molecular flexibility index (Phi) is 3.97. The van der Waals surface area contributed by atoms with Crippen LogP contribution in [0.25, 0.3) is 10.4 Å². The lowest BCUT2D eigenvalue weighted by atomic mass is 9.97. The molecule has 4 heteroatoms. The average Bonchev–Trinajstić information content (AvgIpc) is 2.46. The number of aliphatic hydroxyl groups is 1. The molecule has 4 nitrogen and oxygen atoms in total. The summed E-state index contributed by atoms with van der Waals surface area (Å²) in [5.74, 6) is 0. The van der Waals surface area contributed by atoms with E-state index < -0.39 is 12.1 Å². The molecule has 0 aliphatic carbocycles. The molecule has 0 radical (unpaired) electrons. The number of hydrogen-bond acceptors (Lipinski definition) is 2. The maximum atomic E-state index is 10.3. The Morgan fingerprint density at radius 3 is 1.89 bits per heavy atom. The minimum Gasteiger partial charge on any atom is -0.388 e. The number of benzene rings is 2. The van der Waals surface area contributed by atoms with Crippen LogP contribution in [0.15, 0.2) is 65.8 Å². The van der Waals surface area contributed by atoms with E-state index in [4.69, 9.17) is 5.53 Å². The fourth-order valence-electron chi connectivity index (χ4n) is 1.85. The summed E-state index contributed by atoms with van der Waals surface area (Å²) in [6, 6.07) is 17.8. The van der Waals surface area contributed by atoms with Gasteiger partial charge < -0.3 is 5.11 Å². The zero-order valence-corrected chi connectivity index (χ0v) is 9.72. The lowest BCUT2D eigenvalue weighted by molar-refractivity contribution is 0.147. The van der Waals surface area contributed by atoms with Crippen molar-refractivity contribution in [2.45, 2.75) is 12.1 Å². The zero-order chi connectivity index (χ0) is 12.8. The Morgan fingerprint density at radius 2 is 1.39 bits per heavy atom. The van der Waals surface area contributed by atoms with Crippen LogP contribution in [0.1, 0.15) is 23.3 Å². The van der Waals surface area contributed by atoms with Gasteiger partial charge in [0.05, 0.1) is 12.1 Å². The van der Waals surface area contributed by atoms with Gasteiger partial charge in [-0.25, -0.2) is 0 Å². The highest BCUT2D eigenvalue weighted by Gasteiger charge is 2.21. The molecule has 0 unspecified atom stereocenters. The Morgan fingerprint density at radius 1 is 0.889 bits per heavy atom. The number of rotatable bonds is 4. The Labute approximate surface area is 105 Å². The molecule has 0 saturated carbocycles. The van der Waals surface area contributed by atoms with E-state index in [-0.39, 0.29) is 0 Å². The third-order valence-corrected chi connectivity index (χ3v) is 2.76. The van der Waals surface area contributed by atoms with E-state index in [1.807, 2.05) is 60.7 Å². The predicted molar refractivity (Wildman–Crippen MR) is 69.7 cm³/mol. The van der Waals surface area contributed by atoms with Crippen molar-refractivity contribution in [1.29, 1.82) is 0 Å². The molecule has 0 saturated heterocycles. The predicted octanol–water partition coefficient (Wildman–Crippen LogP) is 3.77. The maximum Gasteiger partial charge on any atom is 0.0926 e. The molecule has 0 aromatic heterocycles. The highest BCUT2D eigenvalue weighted by atomic mass is 16.3. The summed E-state index contributed by atoms with van der Waals surface area (Å²) in [5, 5.41) is 14.0. The third-order valence-electron chi connectivity index (χ3n) is 2.76. The second-order valence-electron chi connectivity index (χ2n) is 3.92. The first-order valence-corrected chi connectivity index (χ1v) is 5.65. The summed E-state index contributed by atoms with van der Waals surface area (Å²) in [6.07, 6.45) is -0.843. The van der Waals surface area contributed by atoms with E-state index in [1.54, 1.807) is 0 Å². The second kappa shape index (κ2) is 5.87. The fourth-order valence-corrected chi connectivity index (χ4v) is 1.85. The van der Waals surface area contributed by atoms with Crippen molar-refractivity contribution < 1.29 is 5.11 Å². The molecule has 2 aromatic carbocycles. The normalized spacial score (nSPS) is 13.4. The average molecular weight is 239 g/mol. The molecule has 1 N–H and O–H groups in total. The number of azide groups is 1. The van der Waals surface area contributed by atoms with Gasteiger partial charge in [-0.05, 0) is 16.7 Å². The largest absolute Gasteiger partial charge is 0.388 e. The molecule has 0 aliphatic rings. The zero-order valence-electron chi connectivity index (χ0n) is 9.72. The van der Waals surface area contributed by atoms with Crippen molar-refractivity contribution in [2.75, 3.05) is 0 Å². The number of hydrogen-bond donors (Lipinski definition) is 1. The molecule has 0 aliphatic heterocycles. The van der Waals surface area contributed by atoms with Gasteiger partial charge in [-0.15, -0.1) is 0 Å². The molecule has 2 rings (SSSR count). The van der Waals surface area contributed by atoms with E-state index in [2.05, 4.69) is 10.0 Å². The van der Waals surface area contributed by atoms with Gasteiger partial charge in [-0.3, -0.25) is 0 Å². The number of aliphatic hydroxyl groups excluding tert-OH is 1. The van der Waals surface area contributed by atoms with E-state index in [1.165, 1.54) is 0 Å². The van der Waals surface area contributed by atoms with Gasteiger partial charge in [0.1, 0.15) is 0 Å². The molecular weight excluding hydrogens is 226 g/mol. The summed E-state index contributed by atoms with van der Waals surface area (Å²) in [5.41, 5.74) is 10.2. The monoisotopic (exact) mass is 239 g/mol. The van der Waals surface area contributed by atoms with E-state index in [0.717, 1.165) is 11.1 Å². The maximum absolute atomic E-state index is 10.3. The standard InChI is InChI=1S/C14H13N3O/c15-17-16-13(11-7-3-1-4-8-11)14(18)12-9-5-2-6-10-12/h1-10,13-14,18H/t13-,14+/m1/s1. The summed E-state index contributed by atoms with van der Waals surface area (Å²) in [7, 11) is 0. The minimum atomic E-state index is -0.843. The van der Waals surface area contributed by atoms with Crippen LogP contribution >= 0.6 is 0 Å². The Balaban J connectivity index is 2.35. The summed E-state index contributed by atoms with van der Waals surface area (Å²) >= 11 is 0. The van der Waals surface area contributed by atoms with Crippen LogP contribution < -0.4 is 0 Å². The van der Waals surface area contributed by atoms with Crippen LogP contribution in [0, 0.1) is 0 Å². The first-order chi connectivity index (χ1) is 8.83. The quantitative estimate of drug-likeness (QED) is 0.492. The first-order valence-electron chi connectivity index (χ1n) is 5.65. The Bertz CT molecular complexity index is 535. The summed E-state index contributed by atoms with van der Waals surface area (Å²) < 4.78 is 0. The smallest absolute Gasteiger partial charge is 0.0926 e. The molecule has 0 amide bonds. The van der Waals surface area contributed by atoms with E-state index in [0.29, 0.717) is 0 Å². The summed E-state index contributed by atoms with van der Waals surface area (Å²) in [6.45, 7) is 0. The van der Waals surface area contributed by atoms with Crippen LogP contribution in [0.5, 0.6) is 0 Å². The molecule has 18 heavy (non-hydrogen) atoms. The van der Waals surface area contributed by atoms with Gasteiger partial charge in [-0.2, -0.15) is 0 Å². The van der Waals surface area contributed by atoms with Crippen LogP contribution in [0.4, 0.5) is 0 Å². The molecule has 2 atom stereocenters. The van der Waals surface area contributed by atoms with Crippen LogP contribution in [-0.2, 0) is 0 Å². The molecule has 0 spiro atoms. The van der Waals surface area contributed by atoms with Gasteiger partial charge >= 0.3 is 0 Å². The fraction of sp³-hybridized carbons (Fsp3) is 0.143. The van der Waals surface area contributed by atoms with Crippen molar-refractivity contribution in [3.05, 3.63) is 82.2 Å². The summed E-state index contributed by atoms with van der Waals surface area (Å²) in [4.78, 5) is 2.82. The first kappa shape index (κ1) is 12.2. The van der Waals surface area contributed by atoms with Crippen LogP contribution in [0.2, 0.25) is 0 Å².